The van der Waals surface area contributed by atoms with Crippen molar-refractivity contribution in [3.63, 3.8) is 0 Å². The largest absolute Gasteiger partial charge is 0.477 e. The number of hydrogen-bond acceptors (Lipinski definition) is 6. The second-order valence-electron chi connectivity index (χ2n) is 7.39. The van der Waals surface area contributed by atoms with Gasteiger partial charge in [-0.3, -0.25) is 4.79 Å². The summed E-state index contributed by atoms with van der Waals surface area (Å²) in [6, 6.07) is 8.64. The Morgan fingerprint density at radius 1 is 1.27 bits per heavy atom. The van der Waals surface area contributed by atoms with Gasteiger partial charge in [-0.25, -0.2) is 9.78 Å². The summed E-state index contributed by atoms with van der Waals surface area (Å²) in [5.74, 6) is 0.346. The van der Waals surface area contributed by atoms with Gasteiger partial charge in [0.05, 0.1) is 28.7 Å². The van der Waals surface area contributed by atoms with Crippen molar-refractivity contribution in [3.8, 4) is 5.75 Å². The number of nitrogens with zero attached hydrogens (tertiary/aromatic N) is 3. The molecule has 33 heavy (non-hydrogen) atoms. The van der Waals surface area contributed by atoms with E-state index in [0.717, 1.165) is 10.9 Å². The average molecular weight is 600 g/mol. The highest BCUT2D eigenvalue weighted by atomic mass is 79.9. The van der Waals surface area contributed by atoms with E-state index in [9.17, 15) is 9.59 Å². The SMILES string of the molecule is CC[C@@H](C)c1nc2ccc(Br)cc2c(=O)n1N=Cc1cc(Cl)cc(Br)c1O[C@H](C)C(=O)OC. The minimum Gasteiger partial charge on any atom is -0.477 e. The number of esters is 1. The Bertz CT molecular complexity index is 1290. The molecule has 0 aliphatic rings. The number of benzene rings is 2. The predicted molar refractivity (Wildman–Crippen MR) is 137 cm³/mol. The summed E-state index contributed by atoms with van der Waals surface area (Å²) in [6.07, 6.45) is 1.38. The van der Waals surface area contributed by atoms with E-state index >= 15 is 0 Å². The second kappa shape index (κ2) is 10.8. The molecule has 0 unspecified atom stereocenters. The lowest BCUT2D eigenvalue weighted by atomic mass is 10.1. The van der Waals surface area contributed by atoms with Crippen molar-refractivity contribution in [3.05, 3.63) is 66.0 Å². The molecule has 0 fully saturated rings. The van der Waals surface area contributed by atoms with Crippen LogP contribution in [0.2, 0.25) is 5.02 Å². The molecule has 0 radical (unpaired) electrons. The maximum atomic E-state index is 13.3. The number of methoxy groups -OCH3 is 1. The molecule has 0 saturated carbocycles. The Labute approximate surface area is 213 Å². The van der Waals surface area contributed by atoms with Gasteiger partial charge in [0, 0.05) is 21.0 Å². The molecule has 3 aromatic rings. The Balaban J connectivity index is 2.17. The van der Waals surface area contributed by atoms with Crippen LogP contribution in [-0.2, 0) is 9.53 Å². The van der Waals surface area contributed by atoms with Gasteiger partial charge in [-0.2, -0.15) is 9.78 Å². The lowest BCUT2D eigenvalue weighted by Gasteiger charge is -2.17. The van der Waals surface area contributed by atoms with Crippen molar-refractivity contribution in [1.82, 2.24) is 9.66 Å². The van der Waals surface area contributed by atoms with Crippen LogP contribution in [0.4, 0.5) is 0 Å². The van der Waals surface area contributed by atoms with Crippen LogP contribution in [0.15, 0.2) is 49.2 Å². The number of hydrogen-bond donors (Lipinski definition) is 0. The number of carbonyl (C=O) groups is 1. The van der Waals surface area contributed by atoms with Gasteiger partial charge in [-0.15, -0.1) is 0 Å². The molecule has 0 N–H and O–H groups in total. The fourth-order valence-corrected chi connectivity index (χ4v) is 4.38. The third-order valence-electron chi connectivity index (χ3n) is 5.06. The summed E-state index contributed by atoms with van der Waals surface area (Å²) >= 11 is 13.1. The minimum absolute atomic E-state index is 0.0101. The standard InChI is InChI=1S/C23H22Br2ClN3O4/c1-5-12(2)21-28-19-7-6-15(24)9-17(19)22(30)29(21)27-11-14-8-16(26)10-18(25)20(14)33-13(3)23(31)32-4/h6-13H,5H2,1-4H3/t12-,13-/m1/s1. The first-order valence-corrected chi connectivity index (χ1v) is 12.1. The van der Waals surface area contributed by atoms with Gasteiger partial charge in [0.15, 0.2) is 6.10 Å². The molecule has 0 saturated heterocycles. The second-order valence-corrected chi connectivity index (χ2v) is 9.60. The summed E-state index contributed by atoms with van der Waals surface area (Å²) < 4.78 is 13.1. The van der Waals surface area contributed by atoms with Gasteiger partial charge in [-0.05, 0) is 59.6 Å². The van der Waals surface area contributed by atoms with Crippen LogP contribution in [-0.4, -0.2) is 35.1 Å². The van der Waals surface area contributed by atoms with Crippen LogP contribution in [0.25, 0.3) is 10.9 Å². The average Bonchev–Trinajstić information content (AvgIpc) is 2.79. The van der Waals surface area contributed by atoms with Crippen LogP contribution in [0, 0.1) is 0 Å². The highest BCUT2D eigenvalue weighted by molar-refractivity contribution is 9.10. The van der Waals surface area contributed by atoms with Gasteiger partial charge >= 0.3 is 5.97 Å². The molecule has 0 amide bonds. The van der Waals surface area contributed by atoms with Gasteiger partial charge in [0.2, 0.25) is 0 Å². The summed E-state index contributed by atoms with van der Waals surface area (Å²) in [6.45, 7) is 5.58. The molecule has 0 aliphatic heterocycles. The van der Waals surface area contributed by atoms with Crippen molar-refractivity contribution in [1.29, 1.82) is 0 Å². The molecular formula is C23H22Br2ClN3O4. The minimum atomic E-state index is -0.863. The summed E-state index contributed by atoms with van der Waals surface area (Å²) in [4.78, 5) is 29.9. The Morgan fingerprint density at radius 3 is 2.67 bits per heavy atom. The zero-order chi connectivity index (χ0) is 24.3. The van der Waals surface area contributed by atoms with E-state index < -0.39 is 12.1 Å². The van der Waals surface area contributed by atoms with E-state index in [1.807, 2.05) is 19.9 Å². The van der Waals surface area contributed by atoms with Crippen molar-refractivity contribution >= 4 is 66.5 Å². The number of aromatic nitrogens is 2. The smallest absolute Gasteiger partial charge is 0.346 e. The lowest BCUT2D eigenvalue weighted by Crippen LogP contribution is -2.26. The summed E-state index contributed by atoms with van der Waals surface area (Å²) in [7, 11) is 1.29. The van der Waals surface area contributed by atoms with Crippen molar-refractivity contribution in [2.24, 2.45) is 5.10 Å². The maximum Gasteiger partial charge on any atom is 0.346 e. The van der Waals surface area contributed by atoms with Crippen LogP contribution < -0.4 is 10.3 Å². The normalized spacial score (nSPS) is 13.3. The van der Waals surface area contributed by atoms with Crippen LogP contribution in [0.1, 0.15) is 44.5 Å². The fourth-order valence-electron chi connectivity index (χ4n) is 3.09. The third kappa shape index (κ3) is 5.65. The summed E-state index contributed by atoms with van der Waals surface area (Å²) in [5, 5.41) is 5.33. The van der Waals surface area contributed by atoms with E-state index in [1.54, 1.807) is 31.2 Å². The third-order valence-corrected chi connectivity index (χ3v) is 6.36. The topological polar surface area (TPSA) is 82.8 Å². The number of rotatable bonds is 7. The maximum absolute atomic E-state index is 13.3. The summed E-state index contributed by atoms with van der Waals surface area (Å²) in [5.41, 5.74) is 0.784. The highest BCUT2D eigenvalue weighted by Crippen LogP contribution is 2.33. The molecule has 1 aromatic heterocycles. The Morgan fingerprint density at radius 2 is 2.00 bits per heavy atom. The Hall–Kier alpha value is -2.23. The number of ether oxygens (including phenoxy) is 2. The first-order valence-electron chi connectivity index (χ1n) is 10.2. The molecule has 174 valence electrons. The van der Waals surface area contributed by atoms with E-state index in [1.165, 1.54) is 18.0 Å². The van der Waals surface area contributed by atoms with Crippen LogP contribution >= 0.6 is 43.5 Å². The molecule has 7 nitrogen and oxygen atoms in total. The zero-order valence-corrected chi connectivity index (χ0v) is 22.4. The van der Waals surface area contributed by atoms with E-state index in [0.29, 0.717) is 37.5 Å². The van der Waals surface area contributed by atoms with Gasteiger partial charge < -0.3 is 9.47 Å². The van der Waals surface area contributed by atoms with Crippen molar-refractivity contribution in [2.75, 3.05) is 7.11 Å². The molecule has 0 bridgehead atoms. The molecule has 0 aliphatic carbocycles. The molecule has 2 atom stereocenters. The monoisotopic (exact) mass is 597 g/mol. The molecule has 1 heterocycles. The molecule has 2 aromatic carbocycles. The van der Waals surface area contributed by atoms with Gasteiger partial charge in [0.25, 0.3) is 5.56 Å². The fraction of sp³-hybridized carbons (Fsp3) is 0.304. The van der Waals surface area contributed by atoms with Crippen LogP contribution in [0.5, 0.6) is 5.75 Å². The number of halogens is 3. The van der Waals surface area contributed by atoms with Gasteiger partial charge in [-0.1, -0.05) is 41.4 Å². The van der Waals surface area contributed by atoms with Crippen molar-refractivity contribution in [2.45, 2.75) is 39.2 Å². The predicted octanol–water partition coefficient (Wildman–Crippen LogP) is 5.91. The van der Waals surface area contributed by atoms with E-state index in [-0.39, 0.29) is 11.5 Å². The van der Waals surface area contributed by atoms with E-state index in [4.69, 9.17) is 26.1 Å². The van der Waals surface area contributed by atoms with Crippen LogP contribution in [0.3, 0.4) is 0 Å². The first kappa shape index (κ1) is 25.4. The number of carbonyl (C=O) groups excluding carboxylic acids is 1. The Kier molecular flexibility index (Phi) is 8.31. The lowest BCUT2D eigenvalue weighted by molar-refractivity contribution is -0.147. The van der Waals surface area contributed by atoms with Crippen molar-refractivity contribution < 1.29 is 14.3 Å². The van der Waals surface area contributed by atoms with Gasteiger partial charge in [0.1, 0.15) is 11.6 Å². The molecule has 3 rings (SSSR count). The zero-order valence-electron chi connectivity index (χ0n) is 18.4. The first-order chi connectivity index (χ1) is 15.7. The highest BCUT2D eigenvalue weighted by Gasteiger charge is 2.20. The molecule has 0 spiro atoms. The quantitative estimate of drug-likeness (QED) is 0.249. The molecular weight excluding hydrogens is 578 g/mol. The van der Waals surface area contributed by atoms with E-state index in [2.05, 4.69) is 37.0 Å². The molecule has 10 heteroatoms. The number of fused-ring (bicyclic) bond motifs is 1.